The lowest BCUT2D eigenvalue weighted by Crippen LogP contribution is -2.25. The van der Waals surface area contributed by atoms with Crippen molar-refractivity contribution in [2.75, 3.05) is 25.5 Å². The van der Waals surface area contributed by atoms with E-state index in [2.05, 4.69) is 15.4 Å². The number of benzene rings is 2. The molecule has 0 fully saturated rings. The molecule has 0 aliphatic carbocycles. The lowest BCUT2D eigenvalue weighted by atomic mass is 10.1. The molecule has 0 spiro atoms. The molecule has 0 saturated carbocycles. The molecule has 0 bridgehead atoms. The fourth-order valence-electron chi connectivity index (χ4n) is 3.05. The van der Waals surface area contributed by atoms with Crippen LogP contribution in [0.5, 0.6) is 0 Å². The Kier molecular flexibility index (Phi) is 7.56. The monoisotopic (exact) mass is 442 g/mol. The molecule has 0 aliphatic heterocycles. The highest BCUT2D eigenvalue weighted by molar-refractivity contribution is 7.89. The third kappa shape index (κ3) is 7.02. The molecule has 9 heteroatoms. The number of nitrogens with two attached hydrogens (primary N) is 1. The maximum absolute atomic E-state index is 12.1. The largest absolute Gasteiger partial charge is 0.361 e. The van der Waals surface area contributed by atoms with E-state index >= 15 is 0 Å². The van der Waals surface area contributed by atoms with Crippen molar-refractivity contribution >= 4 is 21.6 Å². The second kappa shape index (κ2) is 10.3. The molecule has 31 heavy (non-hydrogen) atoms. The fraction of sp³-hybridized carbons (Fsp3) is 0.273. The van der Waals surface area contributed by atoms with Crippen LogP contribution >= 0.6 is 0 Å². The second-order valence-electron chi connectivity index (χ2n) is 7.32. The van der Waals surface area contributed by atoms with E-state index in [9.17, 15) is 13.2 Å². The number of rotatable bonds is 10. The van der Waals surface area contributed by atoms with Crippen molar-refractivity contribution in [3.8, 4) is 11.3 Å². The lowest BCUT2D eigenvalue weighted by Gasteiger charge is -2.15. The molecule has 3 aromatic rings. The zero-order chi connectivity index (χ0) is 22.3. The number of primary sulfonamides is 1. The van der Waals surface area contributed by atoms with Crippen LogP contribution in [0.15, 0.2) is 70.1 Å². The van der Waals surface area contributed by atoms with E-state index in [1.807, 2.05) is 43.4 Å². The number of hydrogen-bond acceptors (Lipinski definition) is 6. The summed E-state index contributed by atoms with van der Waals surface area (Å²) in [4.78, 5) is 14.2. The Hall–Kier alpha value is -3.01. The first kappa shape index (κ1) is 22.7. The zero-order valence-corrected chi connectivity index (χ0v) is 18.1. The van der Waals surface area contributed by atoms with Gasteiger partial charge in [0, 0.05) is 36.7 Å². The minimum atomic E-state index is -3.74. The quantitative estimate of drug-likeness (QED) is 0.498. The topological polar surface area (TPSA) is 119 Å². The molecule has 3 rings (SSSR count). The fourth-order valence-corrected chi connectivity index (χ4v) is 3.57. The Morgan fingerprint density at radius 1 is 1.10 bits per heavy atom. The average molecular weight is 443 g/mol. The molecule has 8 nitrogen and oxygen atoms in total. The van der Waals surface area contributed by atoms with Crippen LogP contribution in [-0.4, -0.2) is 44.5 Å². The number of carbonyl (C=O) groups is 1. The Labute approximate surface area is 182 Å². The van der Waals surface area contributed by atoms with Gasteiger partial charge in [-0.2, -0.15) is 0 Å². The van der Waals surface area contributed by atoms with E-state index in [0.29, 0.717) is 18.7 Å². The third-order valence-corrected chi connectivity index (χ3v) is 5.71. The molecule has 0 atom stereocenters. The van der Waals surface area contributed by atoms with E-state index in [0.717, 1.165) is 36.4 Å². The second-order valence-corrected chi connectivity index (χ2v) is 8.88. The van der Waals surface area contributed by atoms with Gasteiger partial charge < -0.3 is 14.7 Å². The number of sulfonamides is 1. The van der Waals surface area contributed by atoms with Gasteiger partial charge in [-0.25, -0.2) is 13.6 Å². The van der Waals surface area contributed by atoms with Crippen molar-refractivity contribution < 1.29 is 17.7 Å². The van der Waals surface area contributed by atoms with Gasteiger partial charge in [0.05, 0.1) is 4.90 Å². The van der Waals surface area contributed by atoms with Crippen LogP contribution < -0.4 is 10.5 Å². The van der Waals surface area contributed by atoms with Gasteiger partial charge in [0.1, 0.15) is 11.5 Å². The number of nitrogens with zero attached hydrogens (tertiary/aromatic N) is 2. The van der Waals surface area contributed by atoms with Crippen LogP contribution in [0.2, 0.25) is 0 Å². The molecule has 1 heterocycles. The first-order chi connectivity index (χ1) is 14.8. The van der Waals surface area contributed by atoms with Crippen molar-refractivity contribution in [3.05, 3.63) is 66.4 Å². The van der Waals surface area contributed by atoms with Gasteiger partial charge in [0.2, 0.25) is 15.9 Å². The number of anilines is 1. The van der Waals surface area contributed by atoms with Crippen LogP contribution in [0.25, 0.3) is 11.3 Å². The van der Waals surface area contributed by atoms with E-state index in [4.69, 9.17) is 9.66 Å². The highest BCUT2D eigenvalue weighted by atomic mass is 32.2. The van der Waals surface area contributed by atoms with E-state index in [1.54, 1.807) is 0 Å². The first-order valence-corrected chi connectivity index (χ1v) is 11.5. The number of aromatic nitrogens is 1. The smallest absolute Gasteiger partial charge is 0.238 e. The van der Waals surface area contributed by atoms with Gasteiger partial charge in [-0.05, 0) is 44.3 Å². The maximum Gasteiger partial charge on any atom is 0.238 e. The van der Waals surface area contributed by atoms with Crippen molar-refractivity contribution in [1.82, 2.24) is 10.1 Å². The maximum atomic E-state index is 12.1. The van der Waals surface area contributed by atoms with E-state index in [-0.39, 0.29) is 10.8 Å². The van der Waals surface area contributed by atoms with Crippen LogP contribution in [-0.2, 0) is 21.2 Å². The SMILES string of the molecule is CN(CCCc1cc(-c2ccccc2)no1)CCC(=O)Nc1ccc(S(N)(=O)=O)cc1. The summed E-state index contributed by atoms with van der Waals surface area (Å²) in [6.07, 6.45) is 1.98. The molecular weight excluding hydrogens is 416 g/mol. The molecular formula is C22H26N4O4S. The van der Waals surface area contributed by atoms with Gasteiger partial charge in [-0.1, -0.05) is 35.5 Å². The first-order valence-electron chi connectivity index (χ1n) is 9.93. The number of carbonyl (C=O) groups excluding carboxylic acids is 1. The summed E-state index contributed by atoms with van der Waals surface area (Å²) in [6, 6.07) is 17.6. The Bertz CT molecular complexity index is 1100. The molecule has 0 radical (unpaired) electrons. The average Bonchev–Trinajstić information content (AvgIpc) is 3.22. The number of nitrogens with one attached hydrogen (secondary N) is 1. The van der Waals surface area contributed by atoms with Crippen LogP contribution in [0.3, 0.4) is 0 Å². The minimum Gasteiger partial charge on any atom is -0.361 e. The van der Waals surface area contributed by atoms with Crippen molar-refractivity contribution in [1.29, 1.82) is 0 Å². The Morgan fingerprint density at radius 2 is 1.81 bits per heavy atom. The summed E-state index contributed by atoms with van der Waals surface area (Å²) in [5.41, 5.74) is 2.39. The lowest BCUT2D eigenvalue weighted by molar-refractivity contribution is -0.116. The summed E-state index contributed by atoms with van der Waals surface area (Å²) in [6.45, 7) is 1.42. The number of hydrogen-bond donors (Lipinski definition) is 2. The Morgan fingerprint density at radius 3 is 2.48 bits per heavy atom. The summed E-state index contributed by atoms with van der Waals surface area (Å²) in [5, 5.41) is 11.9. The third-order valence-electron chi connectivity index (χ3n) is 4.78. The van der Waals surface area contributed by atoms with Crippen molar-refractivity contribution in [2.24, 2.45) is 5.14 Å². The van der Waals surface area contributed by atoms with E-state index < -0.39 is 10.0 Å². The molecule has 1 aromatic heterocycles. The summed E-state index contributed by atoms with van der Waals surface area (Å²) in [7, 11) is -1.78. The van der Waals surface area contributed by atoms with Crippen molar-refractivity contribution in [2.45, 2.75) is 24.2 Å². The molecule has 0 aliphatic rings. The summed E-state index contributed by atoms with van der Waals surface area (Å²) in [5.74, 6) is 0.700. The predicted octanol–water partition coefficient (Wildman–Crippen LogP) is 2.88. The summed E-state index contributed by atoms with van der Waals surface area (Å²) >= 11 is 0. The highest BCUT2D eigenvalue weighted by Crippen LogP contribution is 2.19. The minimum absolute atomic E-state index is 0.00729. The predicted molar refractivity (Wildman–Crippen MR) is 119 cm³/mol. The molecule has 2 aromatic carbocycles. The number of amides is 1. The van der Waals surface area contributed by atoms with Gasteiger partial charge in [-0.3, -0.25) is 4.79 Å². The van der Waals surface area contributed by atoms with Crippen LogP contribution in [0, 0.1) is 0 Å². The van der Waals surface area contributed by atoms with Gasteiger partial charge in [0.25, 0.3) is 0 Å². The molecule has 164 valence electrons. The van der Waals surface area contributed by atoms with Crippen LogP contribution in [0.1, 0.15) is 18.6 Å². The van der Waals surface area contributed by atoms with Gasteiger partial charge in [-0.15, -0.1) is 0 Å². The van der Waals surface area contributed by atoms with Gasteiger partial charge >= 0.3 is 0 Å². The van der Waals surface area contributed by atoms with Crippen LogP contribution in [0.4, 0.5) is 5.69 Å². The van der Waals surface area contributed by atoms with Crippen molar-refractivity contribution in [3.63, 3.8) is 0 Å². The Balaban J connectivity index is 1.37. The molecule has 0 unspecified atom stereocenters. The molecule has 0 saturated heterocycles. The number of aryl methyl sites for hydroxylation is 1. The molecule has 1 amide bonds. The van der Waals surface area contributed by atoms with Gasteiger partial charge in [0.15, 0.2) is 0 Å². The highest BCUT2D eigenvalue weighted by Gasteiger charge is 2.10. The van der Waals surface area contributed by atoms with E-state index in [1.165, 1.54) is 24.3 Å². The zero-order valence-electron chi connectivity index (χ0n) is 17.3. The standard InChI is InChI=1S/C22H26N4O4S/c1-26(14-5-8-19-16-21(25-30-19)17-6-3-2-4-7-17)15-13-22(27)24-18-9-11-20(12-10-18)31(23,28)29/h2-4,6-7,9-12,16H,5,8,13-15H2,1H3,(H,24,27)(H2,23,28,29). The normalized spacial score (nSPS) is 11.6. The molecule has 3 N–H and O–H groups in total. The summed E-state index contributed by atoms with van der Waals surface area (Å²) < 4.78 is 27.9.